The Labute approximate surface area is 106 Å². The van der Waals surface area contributed by atoms with Gasteiger partial charge in [0.1, 0.15) is 5.39 Å². The van der Waals surface area contributed by atoms with E-state index in [-0.39, 0.29) is 0 Å². The third-order valence-corrected chi connectivity index (χ3v) is 2.66. The number of anilines is 1. The minimum absolute atomic E-state index is 0.533. The fourth-order valence-corrected chi connectivity index (χ4v) is 1.69. The summed E-state index contributed by atoms with van der Waals surface area (Å²) in [4.78, 5) is 8.55. The zero-order valence-corrected chi connectivity index (χ0v) is 11.0. The van der Waals surface area contributed by atoms with E-state index in [1.807, 2.05) is 0 Å². The first-order valence-corrected chi connectivity index (χ1v) is 6.22. The highest BCUT2D eigenvalue weighted by atomic mass is 16.5. The van der Waals surface area contributed by atoms with Crippen LogP contribution in [-0.2, 0) is 0 Å². The van der Waals surface area contributed by atoms with Gasteiger partial charge in [-0.1, -0.05) is 13.8 Å². The molecule has 0 aliphatic carbocycles. The van der Waals surface area contributed by atoms with Crippen LogP contribution < -0.4 is 10.1 Å². The van der Waals surface area contributed by atoms with Crippen LogP contribution in [0.1, 0.15) is 26.7 Å². The normalized spacial score (nSPS) is 11.1. The molecule has 0 saturated heterocycles. The highest BCUT2D eigenvalue weighted by molar-refractivity contribution is 5.80. The topological polar surface area (TPSA) is 75.7 Å². The second-order valence-corrected chi connectivity index (χ2v) is 4.62. The quantitative estimate of drug-likeness (QED) is 0.768. The zero-order chi connectivity index (χ0) is 13.0. The van der Waals surface area contributed by atoms with Crippen LogP contribution in [-0.4, -0.2) is 33.8 Å². The van der Waals surface area contributed by atoms with Crippen molar-refractivity contribution in [1.29, 1.82) is 0 Å². The van der Waals surface area contributed by atoms with Crippen molar-refractivity contribution in [2.24, 2.45) is 5.92 Å². The Morgan fingerprint density at radius 3 is 2.94 bits per heavy atom. The molecule has 0 aromatic carbocycles. The molecule has 0 radical (unpaired) electrons. The average Bonchev–Trinajstić information content (AvgIpc) is 2.82. The van der Waals surface area contributed by atoms with Crippen molar-refractivity contribution in [2.75, 3.05) is 19.0 Å². The van der Waals surface area contributed by atoms with Gasteiger partial charge in [0.15, 0.2) is 5.65 Å². The lowest BCUT2D eigenvalue weighted by Crippen LogP contribution is -2.04. The van der Waals surface area contributed by atoms with E-state index in [0.717, 1.165) is 18.2 Å². The molecule has 0 aliphatic rings. The maximum atomic E-state index is 5.72. The van der Waals surface area contributed by atoms with Gasteiger partial charge in [-0.05, 0) is 18.8 Å². The predicted octanol–water partition coefficient (Wildman–Crippen LogP) is 2.21. The van der Waals surface area contributed by atoms with E-state index < -0.39 is 0 Å². The first-order valence-electron chi connectivity index (χ1n) is 6.22. The van der Waals surface area contributed by atoms with Gasteiger partial charge in [0.05, 0.1) is 12.8 Å². The summed E-state index contributed by atoms with van der Waals surface area (Å²) in [5.74, 6) is 1.81. The monoisotopic (exact) mass is 249 g/mol. The van der Waals surface area contributed by atoms with Crippen LogP contribution in [0.2, 0.25) is 0 Å². The Balaban J connectivity index is 2.08. The summed E-state index contributed by atoms with van der Waals surface area (Å²) in [5.41, 5.74) is 0.688. The average molecular weight is 249 g/mol. The van der Waals surface area contributed by atoms with E-state index in [4.69, 9.17) is 4.74 Å². The van der Waals surface area contributed by atoms with Gasteiger partial charge in [0.25, 0.3) is 0 Å². The van der Waals surface area contributed by atoms with E-state index in [2.05, 4.69) is 39.3 Å². The Kier molecular flexibility index (Phi) is 3.96. The van der Waals surface area contributed by atoms with Crippen molar-refractivity contribution in [3.8, 4) is 5.88 Å². The molecule has 98 valence electrons. The van der Waals surface area contributed by atoms with E-state index in [9.17, 15) is 0 Å². The third-order valence-electron chi connectivity index (χ3n) is 2.66. The van der Waals surface area contributed by atoms with Gasteiger partial charge in [-0.3, -0.25) is 5.10 Å². The van der Waals surface area contributed by atoms with Crippen LogP contribution in [0.5, 0.6) is 5.88 Å². The van der Waals surface area contributed by atoms with Gasteiger partial charge < -0.3 is 10.1 Å². The van der Waals surface area contributed by atoms with Crippen LogP contribution in [0, 0.1) is 5.92 Å². The molecule has 2 N–H and O–H groups in total. The predicted molar refractivity (Wildman–Crippen MR) is 70.8 cm³/mol. The molecule has 0 bridgehead atoms. The number of nitrogens with zero attached hydrogens (tertiary/aromatic N) is 3. The van der Waals surface area contributed by atoms with Crippen molar-refractivity contribution in [2.45, 2.75) is 26.7 Å². The molecule has 0 aliphatic heterocycles. The van der Waals surface area contributed by atoms with Gasteiger partial charge in [-0.15, -0.1) is 0 Å². The summed E-state index contributed by atoms with van der Waals surface area (Å²) < 4.78 is 5.72. The Morgan fingerprint density at radius 1 is 1.39 bits per heavy atom. The summed E-state index contributed by atoms with van der Waals surface area (Å²) in [6, 6.07) is 0. The zero-order valence-electron chi connectivity index (χ0n) is 11.0. The Morgan fingerprint density at radius 2 is 2.22 bits per heavy atom. The highest BCUT2D eigenvalue weighted by Gasteiger charge is 2.09. The van der Waals surface area contributed by atoms with Gasteiger partial charge >= 0.3 is 0 Å². The fraction of sp³-hybridized carbons (Fsp3) is 0.583. The standard InChI is InChI=1S/C12H19N5O/c1-8(2)5-4-6-18-11-9-7-14-17-10(9)15-12(13-3)16-11/h7-8H,4-6H2,1-3H3,(H2,13,14,15,16,17). The van der Waals surface area contributed by atoms with Crippen molar-refractivity contribution < 1.29 is 4.74 Å². The van der Waals surface area contributed by atoms with Gasteiger partial charge in [0, 0.05) is 7.05 Å². The molecule has 0 unspecified atom stereocenters. The van der Waals surface area contributed by atoms with Crippen LogP contribution in [0.4, 0.5) is 5.95 Å². The maximum absolute atomic E-state index is 5.72. The third kappa shape index (κ3) is 2.88. The lowest BCUT2D eigenvalue weighted by Gasteiger charge is -2.08. The van der Waals surface area contributed by atoms with E-state index in [1.165, 1.54) is 0 Å². The summed E-state index contributed by atoms with van der Waals surface area (Å²) in [6.45, 7) is 5.08. The highest BCUT2D eigenvalue weighted by Crippen LogP contribution is 2.22. The van der Waals surface area contributed by atoms with Crippen LogP contribution in [0.15, 0.2) is 6.20 Å². The Hall–Kier alpha value is -1.85. The number of hydrogen-bond acceptors (Lipinski definition) is 5. The van der Waals surface area contributed by atoms with E-state index in [1.54, 1.807) is 13.2 Å². The molecule has 2 rings (SSSR count). The molecule has 6 heteroatoms. The molecular weight excluding hydrogens is 230 g/mol. The fourth-order valence-electron chi connectivity index (χ4n) is 1.69. The summed E-state index contributed by atoms with van der Waals surface area (Å²) in [7, 11) is 1.78. The first kappa shape index (κ1) is 12.6. The van der Waals surface area contributed by atoms with E-state index >= 15 is 0 Å². The minimum Gasteiger partial charge on any atom is -0.477 e. The van der Waals surface area contributed by atoms with Crippen molar-refractivity contribution in [3.05, 3.63) is 6.20 Å². The summed E-state index contributed by atoms with van der Waals surface area (Å²) >= 11 is 0. The molecule has 6 nitrogen and oxygen atoms in total. The molecule has 0 atom stereocenters. The SMILES string of the molecule is CNc1nc(OCCCC(C)C)c2cn[nH]c2n1. The van der Waals surface area contributed by atoms with Crippen molar-refractivity contribution >= 4 is 17.0 Å². The van der Waals surface area contributed by atoms with Crippen LogP contribution in [0.25, 0.3) is 11.0 Å². The smallest absolute Gasteiger partial charge is 0.229 e. The van der Waals surface area contributed by atoms with Gasteiger partial charge in [-0.25, -0.2) is 0 Å². The number of nitrogens with one attached hydrogen (secondary N) is 2. The molecule has 0 amide bonds. The largest absolute Gasteiger partial charge is 0.477 e. The first-order chi connectivity index (χ1) is 8.70. The van der Waals surface area contributed by atoms with Crippen molar-refractivity contribution in [3.63, 3.8) is 0 Å². The number of hydrogen-bond donors (Lipinski definition) is 2. The molecule has 0 fully saturated rings. The molecule has 2 heterocycles. The van der Waals surface area contributed by atoms with Crippen LogP contribution in [0.3, 0.4) is 0 Å². The lowest BCUT2D eigenvalue weighted by molar-refractivity contribution is 0.291. The number of ether oxygens (including phenoxy) is 1. The van der Waals surface area contributed by atoms with E-state index in [0.29, 0.717) is 30.0 Å². The maximum Gasteiger partial charge on any atom is 0.229 e. The second-order valence-electron chi connectivity index (χ2n) is 4.62. The number of rotatable bonds is 6. The molecule has 2 aromatic heterocycles. The molecule has 2 aromatic rings. The lowest BCUT2D eigenvalue weighted by atomic mass is 10.1. The van der Waals surface area contributed by atoms with Crippen LogP contribution >= 0.6 is 0 Å². The molecule has 18 heavy (non-hydrogen) atoms. The summed E-state index contributed by atoms with van der Waals surface area (Å²) in [5, 5.41) is 10.5. The summed E-state index contributed by atoms with van der Waals surface area (Å²) in [6.07, 6.45) is 3.86. The minimum atomic E-state index is 0.533. The molecular formula is C12H19N5O. The van der Waals surface area contributed by atoms with Gasteiger partial charge in [0.2, 0.25) is 11.8 Å². The number of aromatic amines is 1. The number of aromatic nitrogens is 4. The second kappa shape index (κ2) is 5.66. The van der Waals surface area contributed by atoms with Gasteiger partial charge in [-0.2, -0.15) is 15.1 Å². The van der Waals surface area contributed by atoms with Crippen molar-refractivity contribution in [1.82, 2.24) is 20.2 Å². The molecule has 0 spiro atoms. The molecule has 0 saturated carbocycles. The number of fused-ring (bicyclic) bond motifs is 1. The Bertz CT molecular complexity index is 508. The number of H-pyrrole nitrogens is 1.